The van der Waals surface area contributed by atoms with Gasteiger partial charge in [0.25, 0.3) is 0 Å². The maximum absolute atomic E-state index is 12.4. The molecule has 0 radical (unpaired) electrons. The van der Waals surface area contributed by atoms with E-state index in [1.165, 1.54) is 0 Å². The summed E-state index contributed by atoms with van der Waals surface area (Å²) in [6.45, 7) is 4.90. The van der Waals surface area contributed by atoms with Gasteiger partial charge in [-0.2, -0.15) is 13.2 Å². The van der Waals surface area contributed by atoms with E-state index in [9.17, 15) is 22.5 Å². The molecule has 0 saturated carbocycles. The minimum Gasteiger partial charge on any atom is -0.588 e. The number of hydrogen-bond acceptors (Lipinski definition) is 3. The van der Waals surface area contributed by atoms with Crippen molar-refractivity contribution in [3.05, 3.63) is 29.8 Å². The molecule has 0 aliphatic carbocycles. The average Bonchev–Trinajstić information content (AvgIpc) is 2.25. The number of rotatable bonds is 2. The van der Waals surface area contributed by atoms with E-state index in [4.69, 9.17) is 4.74 Å². The summed E-state index contributed by atoms with van der Waals surface area (Å²) < 4.78 is 55.7. The van der Waals surface area contributed by atoms with Crippen LogP contribution in [0.4, 0.5) is 18.0 Å². The molecule has 112 valence electrons. The van der Waals surface area contributed by atoms with Crippen LogP contribution in [0.1, 0.15) is 26.3 Å². The Labute approximate surface area is 117 Å². The van der Waals surface area contributed by atoms with Crippen LogP contribution in [-0.2, 0) is 22.3 Å². The Kier molecular flexibility index (Phi) is 4.93. The lowest BCUT2D eigenvalue weighted by Gasteiger charge is -2.20. The van der Waals surface area contributed by atoms with E-state index >= 15 is 0 Å². The molecule has 0 bridgehead atoms. The van der Waals surface area contributed by atoms with Crippen LogP contribution in [0.15, 0.2) is 29.2 Å². The summed E-state index contributed by atoms with van der Waals surface area (Å²) in [4.78, 5) is 11.4. The zero-order chi connectivity index (χ0) is 15.6. The van der Waals surface area contributed by atoms with Gasteiger partial charge in [0.1, 0.15) is 17.0 Å². The van der Waals surface area contributed by atoms with Crippen LogP contribution in [0.3, 0.4) is 0 Å². The molecule has 8 heteroatoms. The molecule has 0 saturated heterocycles. The number of amides is 1. The van der Waals surface area contributed by atoms with Gasteiger partial charge in [-0.05, 0) is 45.0 Å². The molecule has 1 rings (SSSR count). The van der Waals surface area contributed by atoms with Gasteiger partial charge in [0, 0.05) is 0 Å². The van der Waals surface area contributed by atoms with E-state index < -0.39 is 34.8 Å². The zero-order valence-corrected chi connectivity index (χ0v) is 11.9. The van der Waals surface area contributed by atoms with Gasteiger partial charge in [0.2, 0.25) is 0 Å². The minimum atomic E-state index is -4.46. The second kappa shape index (κ2) is 5.92. The molecule has 1 aromatic carbocycles. The van der Waals surface area contributed by atoms with Gasteiger partial charge < -0.3 is 9.29 Å². The maximum atomic E-state index is 12.4. The van der Waals surface area contributed by atoms with Gasteiger partial charge in [-0.25, -0.2) is 4.79 Å². The average molecular weight is 309 g/mol. The first-order valence-electron chi connectivity index (χ1n) is 5.58. The quantitative estimate of drug-likeness (QED) is 0.853. The highest BCUT2D eigenvalue weighted by Crippen LogP contribution is 2.29. The minimum absolute atomic E-state index is 0.0452. The van der Waals surface area contributed by atoms with E-state index in [1.54, 1.807) is 20.8 Å². The third-order valence-corrected chi connectivity index (χ3v) is 3.02. The van der Waals surface area contributed by atoms with Gasteiger partial charge in [-0.3, -0.25) is 0 Å². The smallest absolute Gasteiger partial charge is 0.449 e. The summed E-state index contributed by atoms with van der Waals surface area (Å²) in [5.41, 5.74) is -1.61. The Hall–Kier alpha value is -1.41. The van der Waals surface area contributed by atoms with Gasteiger partial charge in [-0.15, -0.1) is 4.72 Å². The predicted molar refractivity (Wildman–Crippen MR) is 67.2 cm³/mol. The summed E-state index contributed by atoms with van der Waals surface area (Å²) in [5.74, 6) is 0. The highest BCUT2D eigenvalue weighted by Gasteiger charge is 2.31. The first-order valence-corrected chi connectivity index (χ1v) is 6.73. The Balaban J connectivity index is 2.69. The normalized spacial score (nSPS) is 13.8. The van der Waals surface area contributed by atoms with Crippen molar-refractivity contribution in [2.45, 2.75) is 37.4 Å². The summed E-state index contributed by atoms with van der Waals surface area (Å²) in [7, 11) is 0. The van der Waals surface area contributed by atoms with E-state index in [2.05, 4.69) is 0 Å². The monoisotopic (exact) mass is 309 g/mol. The molecule has 1 unspecified atom stereocenters. The highest BCUT2D eigenvalue weighted by molar-refractivity contribution is 7.90. The van der Waals surface area contributed by atoms with Crippen LogP contribution < -0.4 is 4.72 Å². The lowest BCUT2D eigenvalue weighted by atomic mass is 10.2. The second-order valence-electron chi connectivity index (χ2n) is 4.89. The summed E-state index contributed by atoms with van der Waals surface area (Å²) in [6.07, 6.45) is -5.37. The fraction of sp³-hybridized carbons (Fsp3) is 0.417. The van der Waals surface area contributed by atoms with Crippen molar-refractivity contribution in [1.82, 2.24) is 4.72 Å². The van der Waals surface area contributed by atoms with Crippen molar-refractivity contribution >= 4 is 17.5 Å². The van der Waals surface area contributed by atoms with Crippen LogP contribution in [0.5, 0.6) is 0 Å². The van der Waals surface area contributed by atoms with E-state index in [1.807, 2.05) is 4.72 Å². The van der Waals surface area contributed by atoms with E-state index in [-0.39, 0.29) is 4.90 Å². The van der Waals surface area contributed by atoms with E-state index in [0.29, 0.717) is 0 Å². The summed E-state index contributed by atoms with van der Waals surface area (Å²) >= 11 is -1.98. The molecular weight excluding hydrogens is 295 g/mol. The predicted octanol–water partition coefficient (Wildman–Crippen LogP) is 3.25. The van der Waals surface area contributed by atoms with Gasteiger partial charge in [0.05, 0.1) is 5.56 Å². The molecule has 0 heterocycles. The number of halogens is 3. The summed E-state index contributed by atoms with van der Waals surface area (Å²) in [6, 6.07) is 3.67. The number of ether oxygens (including phenoxy) is 1. The molecule has 1 atom stereocenters. The highest BCUT2D eigenvalue weighted by atomic mass is 32.2. The second-order valence-corrected chi connectivity index (χ2v) is 6.11. The molecule has 0 spiro atoms. The lowest BCUT2D eigenvalue weighted by molar-refractivity contribution is -0.137. The molecule has 20 heavy (non-hydrogen) atoms. The van der Waals surface area contributed by atoms with Crippen LogP contribution >= 0.6 is 0 Å². The van der Waals surface area contributed by atoms with Crippen molar-refractivity contribution in [3.8, 4) is 0 Å². The number of hydrogen-bond donors (Lipinski definition) is 1. The SMILES string of the molecule is CC(C)(C)OC(=O)N[S+]([O-])c1ccc(C(F)(F)F)cc1. The molecule has 1 aromatic rings. The molecule has 0 fully saturated rings. The number of alkyl halides is 3. The Morgan fingerprint density at radius 3 is 2.10 bits per heavy atom. The van der Waals surface area contributed by atoms with Gasteiger partial charge in [0.15, 0.2) is 4.90 Å². The fourth-order valence-electron chi connectivity index (χ4n) is 1.20. The van der Waals surface area contributed by atoms with Crippen LogP contribution in [0, 0.1) is 0 Å². The lowest BCUT2D eigenvalue weighted by Crippen LogP contribution is -2.36. The third kappa shape index (κ3) is 5.30. The van der Waals surface area contributed by atoms with Gasteiger partial charge >= 0.3 is 12.3 Å². The zero-order valence-electron chi connectivity index (χ0n) is 11.1. The Bertz CT molecular complexity index is 468. The number of carbonyl (C=O) groups is 1. The standard InChI is InChI=1S/C12H14F3NO3S/c1-11(2,3)19-10(17)16-20(18)9-6-4-8(5-7-9)12(13,14)15/h4-7H,1-3H3,(H,16,17). The van der Waals surface area contributed by atoms with Crippen molar-refractivity contribution in [2.24, 2.45) is 0 Å². The van der Waals surface area contributed by atoms with Crippen LogP contribution in [-0.4, -0.2) is 16.2 Å². The largest absolute Gasteiger partial charge is 0.588 e. The van der Waals surface area contributed by atoms with Crippen molar-refractivity contribution in [1.29, 1.82) is 0 Å². The van der Waals surface area contributed by atoms with Crippen LogP contribution in [0.25, 0.3) is 0 Å². The maximum Gasteiger partial charge on any atom is 0.449 e. The molecular formula is C12H14F3NO3S. The van der Waals surface area contributed by atoms with Crippen molar-refractivity contribution < 1.29 is 27.3 Å². The molecule has 0 aliphatic rings. The first-order chi connectivity index (χ1) is 8.99. The third-order valence-electron chi connectivity index (χ3n) is 1.97. The number of benzene rings is 1. The first kappa shape index (κ1) is 16.6. The molecule has 0 aliphatic heterocycles. The van der Waals surface area contributed by atoms with E-state index in [0.717, 1.165) is 24.3 Å². The number of nitrogens with one attached hydrogen (secondary N) is 1. The topological polar surface area (TPSA) is 61.4 Å². The summed E-state index contributed by atoms with van der Waals surface area (Å²) in [5, 5.41) is 0. The van der Waals surface area contributed by atoms with Crippen molar-refractivity contribution in [2.75, 3.05) is 0 Å². The van der Waals surface area contributed by atoms with Crippen LogP contribution in [0.2, 0.25) is 0 Å². The van der Waals surface area contributed by atoms with Gasteiger partial charge in [-0.1, -0.05) is 0 Å². The Morgan fingerprint density at radius 1 is 1.20 bits per heavy atom. The number of carbonyl (C=O) groups excluding carboxylic acids is 1. The molecule has 4 nitrogen and oxygen atoms in total. The molecule has 0 aromatic heterocycles. The fourth-order valence-corrected chi connectivity index (χ4v) is 1.90. The Morgan fingerprint density at radius 2 is 1.70 bits per heavy atom. The van der Waals surface area contributed by atoms with Crippen molar-refractivity contribution in [3.63, 3.8) is 0 Å². The molecule has 1 N–H and O–H groups in total. The molecule has 1 amide bonds.